The third kappa shape index (κ3) is 2.60. The van der Waals surface area contributed by atoms with Gasteiger partial charge in [0, 0.05) is 10.9 Å². The van der Waals surface area contributed by atoms with E-state index < -0.39 is 15.7 Å². The minimum absolute atomic E-state index is 0.0528. The van der Waals surface area contributed by atoms with Crippen LogP contribution in [0.25, 0.3) is 0 Å². The molecule has 0 spiro atoms. The molecule has 1 aromatic carbocycles. The summed E-state index contributed by atoms with van der Waals surface area (Å²) in [5.41, 5.74) is 0.989. The maximum absolute atomic E-state index is 11.4. The van der Waals surface area contributed by atoms with Crippen molar-refractivity contribution >= 4 is 22.6 Å². The summed E-state index contributed by atoms with van der Waals surface area (Å²) in [6, 6.07) is 7.59. The van der Waals surface area contributed by atoms with Gasteiger partial charge in [-0.2, -0.15) is 0 Å². The van der Waals surface area contributed by atoms with E-state index in [1.807, 2.05) is 45.0 Å². The second-order valence-corrected chi connectivity index (χ2v) is 6.20. The van der Waals surface area contributed by atoms with Gasteiger partial charge in [0.1, 0.15) is 0 Å². The van der Waals surface area contributed by atoms with Gasteiger partial charge < -0.3 is 0 Å². The lowest BCUT2D eigenvalue weighted by atomic mass is 9.89. The molecule has 1 aromatic rings. The van der Waals surface area contributed by atoms with Gasteiger partial charge in [-0.15, -0.1) is 0 Å². The second kappa shape index (κ2) is 4.64. The summed E-state index contributed by atoms with van der Waals surface area (Å²) < 4.78 is 11.0. The normalized spacial score (nSPS) is 16.1. The molecule has 0 aliphatic rings. The molecule has 0 aliphatic heterocycles. The molecule has 4 heteroatoms. The molecule has 15 heavy (non-hydrogen) atoms. The van der Waals surface area contributed by atoms with Crippen molar-refractivity contribution in [3.8, 4) is 0 Å². The predicted octanol–water partition coefficient (Wildman–Crippen LogP) is 2.84. The van der Waals surface area contributed by atoms with Crippen molar-refractivity contribution in [1.29, 1.82) is 0 Å². The van der Waals surface area contributed by atoms with E-state index >= 15 is 0 Å². The van der Waals surface area contributed by atoms with Crippen LogP contribution in [0.3, 0.4) is 0 Å². The van der Waals surface area contributed by atoms with Crippen LogP contribution in [0.2, 0.25) is 5.02 Å². The van der Waals surface area contributed by atoms with E-state index in [-0.39, 0.29) is 5.92 Å². The van der Waals surface area contributed by atoms with Crippen LogP contribution in [0.1, 0.15) is 32.3 Å². The zero-order valence-electron chi connectivity index (χ0n) is 9.16. The predicted molar refractivity (Wildman–Crippen MR) is 66.3 cm³/mol. The van der Waals surface area contributed by atoms with Crippen LogP contribution in [0.15, 0.2) is 24.3 Å². The zero-order chi connectivity index (χ0) is 11.6. The Morgan fingerprint density at radius 1 is 1.40 bits per heavy atom. The Kier molecular flexibility index (Phi) is 3.93. The first-order valence-electron chi connectivity index (χ1n) is 4.78. The van der Waals surface area contributed by atoms with Crippen LogP contribution in [0.4, 0.5) is 0 Å². The summed E-state index contributed by atoms with van der Waals surface area (Å²) >= 11 is 6.09. The largest absolute Gasteiger partial charge is 0.251 e. The number of hydrogen-bond acceptors (Lipinski definition) is 1. The molecule has 2 atom stereocenters. The minimum atomic E-state index is -1.37. The maximum atomic E-state index is 11.4. The molecule has 0 amide bonds. The van der Waals surface area contributed by atoms with Gasteiger partial charge in [0.05, 0.1) is 15.7 Å². The Labute approximate surface area is 98.4 Å². The van der Waals surface area contributed by atoms with Gasteiger partial charge in [-0.05, 0) is 25.5 Å². The molecular weight excluding hydrogens is 230 g/mol. The molecule has 0 saturated carbocycles. The van der Waals surface area contributed by atoms with E-state index in [4.69, 9.17) is 16.7 Å². The molecule has 2 N–H and O–H groups in total. The van der Waals surface area contributed by atoms with E-state index in [2.05, 4.69) is 0 Å². The molecular formula is C11H16ClNOS. The minimum Gasteiger partial charge on any atom is -0.251 e. The van der Waals surface area contributed by atoms with Crippen molar-refractivity contribution in [2.24, 2.45) is 5.14 Å². The van der Waals surface area contributed by atoms with Gasteiger partial charge in [0.2, 0.25) is 0 Å². The summed E-state index contributed by atoms with van der Waals surface area (Å²) in [5, 5.41) is 6.19. The average molecular weight is 246 g/mol. The summed E-state index contributed by atoms with van der Waals surface area (Å²) in [4.78, 5) is 0. The topological polar surface area (TPSA) is 43.1 Å². The summed E-state index contributed by atoms with van der Waals surface area (Å²) in [6.07, 6.45) is 0. The average Bonchev–Trinajstić information content (AvgIpc) is 2.17. The smallest absolute Gasteiger partial charge is 0.0951 e. The Hall–Kier alpha value is -0.380. The van der Waals surface area contributed by atoms with Crippen LogP contribution >= 0.6 is 11.6 Å². The third-order valence-electron chi connectivity index (χ3n) is 2.93. The Morgan fingerprint density at radius 2 is 1.93 bits per heavy atom. The lowest BCUT2D eigenvalue weighted by Crippen LogP contribution is -2.37. The van der Waals surface area contributed by atoms with Gasteiger partial charge in [-0.3, -0.25) is 5.14 Å². The van der Waals surface area contributed by atoms with Crippen molar-refractivity contribution in [2.45, 2.75) is 31.4 Å². The first kappa shape index (κ1) is 12.7. The lowest BCUT2D eigenvalue weighted by Gasteiger charge is -2.29. The maximum Gasteiger partial charge on any atom is 0.0951 e. The Morgan fingerprint density at radius 3 is 2.40 bits per heavy atom. The van der Waals surface area contributed by atoms with Gasteiger partial charge in [-0.1, -0.05) is 36.7 Å². The fourth-order valence-electron chi connectivity index (χ4n) is 1.37. The number of halogens is 1. The summed E-state index contributed by atoms with van der Waals surface area (Å²) in [5.74, 6) is 0.0528. The standard InChI is InChI=1S/C11H16ClNOS/c1-8(11(2,3)15(13)14)9-6-4-5-7-10(9)12/h4-8H,13H2,1-3H3. The van der Waals surface area contributed by atoms with Crippen molar-refractivity contribution < 1.29 is 4.21 Å². The molecule has 0 aliphatic carbocycles. The van der Waals surface area contributed by atoms with Crippen LogP contribution < -0.4 is 5.14 Å². The van der Waals surface area contributed by atoms with Gasteiger partial charge >= 0.3 is 0 Å². The molecule has 0 radical (unpaired) electrons. The lowest BCUT2D eigenvalue weighted by molar-refractivity contribution is 0.553. The van der Waals surface area contributed by atoms with Gasteiger partial charge in [0.15, 0.2) is 0 Å². The van der Waals surface area contributed by atoms with E-state index in [0.29, 0.717) is 5.02 Å². The summed E-state index contributed by atoms with van der Waals surface area (Å²) in [6.45, 7) is 5.76. The van der Waals surface area contributed by atoms with Crippen LogP contribution in [-0.2, 0) is 11.0 Å². The molecule has 0 bridgehead atoms. The van der Waals surface area contributed by atoms with Crippen LogP contribution in [0, 0.1) is 0 Å². The SMILES string of the molecule is CC(c1ccccc1Cl)C(C)(C)S(N)=O. The van der Waals surface area contributed by atoms with E-state index in [9.17, 15) is 4.21 Å². The number of rotatable bonds is 3. The highest BCUT2D eigenvalue weighted by Gasteiger charge is 2.32. The van der Waals surface area contributed by atoms with Crippen molar-refractivity contribution in [3.63, 3.8) is 0 Å². The van der Waals surface area contributed by atoms with Crippen molar-refractivity contribution in [3.05, 3.63) is 34.9 Å². The molecule has 1 rings (SSSR count). The van der Waals surface area contributed by atoms with Crippen LogP contribution in [-0.4, -0.2) is 8.96 Å². The highest BCUT2D eigenvalue weighted by molar-refractivity contribution is 7.84. The highest BCUT2D eigenvalue weighted by Crippen LogP contribution is 2.34. The fraction of sp³-hybridized carbons (Fsp3) is 0.455. The zero-order valence-corrected chi connectivity index (χ0v) is 10.7. The van der Waals surface area contributed by atoms with E-state index in [1.54, 1.807) is 0 Å². The highest BCUT2D eigenvalue weighted by atomic mass is 35.5. The third-order valence-corrected chi connectivity index (χ3v) is 4.67. The first-order valence-corrected chi connectivity index (χ1v) is 6.37. The molecule has 84 valence electrons. The fourth-order valence-corrected chi connectivity index (χ4v) is 2.15. The van der Waals surface area contributed by atoms with Gasteiger partial charge in [0.25, 0.3) is 0 Å². The quantitative estimate of drug-likeness (QED) is 0.874. The van der Waals surface area contributed by atoms with E-state index in [0.717, 1.165) is 5.56 Å². The van der Waals surface area contributed by atoms with Crippen LogP contribution in [0.5, 0.6) is 0 Å². The van der Waals surface area contributed by atoms with Crippen molar-refractivity contribution in [1.82, 2.24) is 0 Å². The Bertz CT molecular complexity index is 379. The molecule has 0 aromatic heterocycles. The number of nitrogens with two attached hydrogens (primary N) is 1. The molecule has 2 nitrogen and oxygen atoms in total. The number of benzene rings is 1. The molecule has 0 fully saturated rings. The summed E-state index contributed by atoms with van der Waals surface area (Å²) in [7, 11) is -1.37. The first-order chi connectivity index (χ1) is 6.87. The van der Waals surface area contributed by atoms with Crippen molar-refractivity contribution in [2.75, 3.05) is 0 Å². The second-order valence-electron chi connectivity index (χ2n) is 4.14. The Balaban J connectivity index is 3.10. The van der Waals surface area contributed by atoms with E-state index in [1.165, 1.54) is 0 Å². The van der Waals surface area contributed by atoms with Gasteiger partial charge in [-0.25, -0.2) is 4.21 Å². The molecule has 2 unspecified atom stereocenters. The number of hydrogen-bond donors (Lipinski definition) is 1. The monoisotopic (exact) mass is 245 g/mol. The molecule has 0 heterocycles. The molecule has 0 saturated heterocycles.